The Hall–Kier alpha value is -5.68. The van der Waals surface area contributed by atoms with Crippen LogP contribution < -0.4 is 5.32 Å². The third-order valence-corrected chi connectivity index (χ3v) is 16.5. The van der Waals surface area contributed by atoms with Gasteiger partial charge in [-0.15, -0.1) is 0 Å². The molecule has 380 valence electrons. The van der Waals surface area contributed by atoms with Crippen molar-refractivity contribution in [2.24, 2.45) is 60.3 Å². The van der Waals surface area contributed by atoms with E-state index >= 15 is 0 Å². The lowest BCUT2D eigenvalue weighted by molar-refractivity contribution is -0.159. The van der Waals surface area contributed by atoms with Crippen LogP contribution in [0.15, 0.2) is 49.3 Å². The number of nitrogens with zero attached hydrogens (tertiary/aromatic N) is 3. The summed E-state index contributed by atoms with van der Waals surface area (Å²) in [7, 11) is 9.12. The predicted molar refractivity (Wildman–Crippen MR) is 253 cm³/mol. The van der Waals surface area contributed by atoms with E-state index in [9.17, 15) is 33.6 Å². The lowest BCUT2D eigenvalue weighted by Crippen LogP contribution is -2.58. The van der Waals surface area contributed by atoms with E-state index in [0.29, 0.717) is 51.8 Å². The first-order chi connectivity index (χ1) is 32.3. The van der Waals surface area contributed by atoms with Crippen molar-refractivity contribution in [1.82, 2.24) is 5.32 Å². The van der Waals surface area contributed by atoms with Gasteiger partial charge in [0.25, 0.3) is 0 Å². The van der Waals surface area contributed by atoms with Crippen LogP contribution in [-0.4, -0.2) is 120 Å². The molecule has 0 amide bonds. The Kier molecular flexibility index (Phi) is 16.3. The Morgan fingerprint density at radius 1 is 0.609 bits per heavy atom. The largest absolute Gasteiger partial charge is 0.469 e. The number of carbonyl (C=O) groups excluding carboxylic acids is 7. The topological polar surface area (TPSA) is 233 Å². The first-order valence-electron chi connectivity index (χ1n) is 23.5. The molecule has 0 aromatic carbocycles. The maximum absolute atomic E-state index is 15.0. The molecule has 69 heavy (non-hydrogen) atoms. The Morgan fingerprint density at radius 2 is 1.12 bits per heavy atom. The van der Waals surface area contributed by atoms with Crippen LogP contribution >= 0.6 is 0 Å². The summed E-state index contributed by atoms with van der Waals surface area (Å²) in [6.45, 7) is 15.3. The fourth-order valence-corrected chi connectivity index (χ4v) is 12.1. The molecule has 1 saturated heterocycles. The number of ether oxygens (including phenoxy) is 7. The number of nitrogens with one attached hydrogen (secondary N) is 1. The van der Waals surface area contributed by atoms with Crippen LogP contribution in [0.3, 0.4) is 0 Å². The standard InChI is InChI=1S/C51H72N4O14/c1-27-41-30(17-20-36(57)64-10)47(3,4)34(53-41)25-33-29(16-19-35(56)63-9)49(6,26-40(61)68-14)44(52-33)28(2)42-31(18-21-37(58)65-11)50(7,46(62)69-15)51(8,55-42)45-32(24-39(60)67-13)48(5,43(27)54-45)23-22-38(59)66-12/h25,29-32,45,52H,16-24,26H2,1-15H3/t29-,30-,31-,32+,45?,48-,49+,50-,51+/m1/s1. The number of carbonyl (C=O) groups is 7. The Bertz CT molecular complexity index is 2320. The molecule has 0 aromatic heterocycles. The molecule has 5 rings (SSSR count). The highest BCUT2D eigenvalue weighted by Crippen LogP contribution is 2.62. The first-order valence-corrected chi connectivity index (χ1v) is 23.5. The van der Waals surface area contributed by atoms with Gasteiger partial charge < -0.3 is 38.5 Å². The van der Waals surface area contributed by atoms with Crippen molar-refractivity contribution < 1.29 is 66.7 Å². The van der Waals surface area contributed by atoms with Crippen LogP contribution in [-0.2, 0) is 66.7 Å². The Labute approximate surface area is 405 Å². The molecule has 0 radical (unpaired) electrons. The molecule has 18 heteroatoms. The fourth-order valence-electron chi connectivity index (χ4n) is 12.1. The number of aliphatic imine (C=N–C) groups is 3. The van der Waals surface area contributed by atoms with Crippen molar-refractivity contribution in [2.45, 2.75) is 131 Å². The zero-order valence-corrected chi connectivity index (χ0v) is 43.1. The van der Waals surface area contributed by atoms with Crippen molar-refractivity contribution in [2.75, 3.05) is 49.8 Å². The van der Waals surface area contributed by atoms with Gasteiger partial charge in [-0.25, -0.2) is 0 Å². The molecule has 8 bridgehead atoms. The predicted octanol–water partition coefficient (Wildman–Crippen LogP) is 6.15. The van der Waals surface area contributed by atoms with E-state index in [1.807, 2.05) is 54.5 Å². The summed E-state index contributed by atoms with van der Waals surface area (Å²) in [5.41, 5.74) is -1.46. The molecular weight excluding hydrogens is 893 g/mol. The van der Waals surface area contributed by atoms with E-state index in [-0.39, 0.29) is 57.8 Å². The normalized spacial score (nSPS) is 30.9. The second-order valence-corrected chi connectivity index (χ2v) is 20.3. The summed E-state index contributed by atoms with van der Waals surface area (Å²) in [6, 6.07) is -0.985. The summed E-state index contributed by atoms with van der Waals surface area (Å²) in [4.78, 5) is 111. The molecule has 0 spiro atoms. The smallest absolute Gasteiger partial charge is 0.314 e. The van der Waals surface area contributed by atoms with Gasteiger partial charge in [-0.05, 0) is 70.6 Å². The minimum absolute atomic E-state index is 0.000408. The van der Waals surface area contributed by atoms with Crippen molar-refractivity contribution in [1.29, 1.82) is 0 Å². The fraction of sp³-hybridized carbons (Fsp3) is 0.686. The van der Waals surface area contributed by atoms with Gasteiger partial charge >= 0.3 is 41.8 Å². The highest BCUT2D eigenvalue weighted by atomic mass is 16.5. The van der Waals surface area contributed by atoms with Gasteiger partial charge in [0.15, 0.2) is 0 Å². The van der Waals surface area contributed by atoms with Crippen LogP contribution in [0.1, 0.15) is 120 Å². The van der Waals surface area contributed by atoms with E-state index in [2.05, 4.69) is 5.32 Å². The highest BCUT2D eigenvalue weighted by molar-refractivity contribution is 6.11. The quantitative estimate of drug-likeness (QED) is 0.127. The molecule has 5 heterocycles. The molecule has 0 aromatic rings. The maximum atomic E-state index is 15.0. The highest BCUT2D eigenvalue weighted by Gasteiger charge is 2.69. The molecule has 18 nitrogen and oxygen atoms in total. The Morgan fingerprint density at radius 3 is 1.64 bits per heavy atom. The van der Waals surface area contributed by atoms with E-state index in [0.717, 1.165) is 0 Å². The second-order valence-electron chi connectivity index (χ2n) is 20.3. The minimum Gasteiger partial charge on any atom is -0.469 e. The van der Waals surface area contributed by atoms with Gasteiger partial charge in [0.05, 0.1) is 74.2 Å². The van der Waals surface area contributed by atoms with Crippen LogP contribution in [0, 0.1) is 45.3 Å². The van der Waals surface area contributed by atoms with Crippen molar-refractivity contribution in [3.8, 4) is 0 Å². The molecule has 0 saturated carbocycles. The average Bonchev–Trinajstić information content (AvgIpc) is 3.95. The van der Waals surface area contributed by atoms with E-state index in [4.69, 9.17) is 48.1 Å². The van der Waals surface area contributed by atoms with Crippen molar-refractivity contribution in [3.63, 3.8) is 0 Å². The van der Waals surface area contributed by atoms with Gasteiger partial charge in [0, 0.05) is 99.8 Å². The number of allylic oxidation sites excluding steroid dienone is 6. The zero-order chi connectivity index (χ0) is 51.6. The number of esters is 7. The maximum Gasteiger partial charge on any atom is 0.314 e. The minimum atomic E-state index is -1.60. The zero-order valence-electron chi connectivity index (χ0n) is 43.1. The van der Waals surface area contributed by atoms with Gasteiger partial charge in [0.2, 0.25) is 0 Å². The lowest BCUT2D eigenvalue weighted by Gasteiger charge is -2.46. The molecule has 5 aliphatic rings. The number of hydrogen-bond acceptors (Lipinski definition) is 18. The summed E-state index contributed by atoms with van der Waals surface area (Å²) in [5.74, 6) is -6.16. The summed E-state index contributed by atoms with van der Waals surface area (Å²) < 4.78 is 36.9. The lowest BCUT2D eigenvalue weighted by atomic mass is 9.56. The molecule has 0 aliphatic carbocycles. The molecule has 1 N–H and O–H groups in total. The first kappa shape index (κ1) is 54.3. The van der Waals surface area contributed by atoms with Gasteiger partial charge in [-0.2, -0.15) is 0 Å². The Balaban J connectivity index is 2.05. The molecule has 9 atom stereocenters. The summed E-state index contributed by atoms with van der Waals surface area (Å²) >= 11 is 0. The van der Waals surface area contributed by atoms with Gasteiger partial charge in [-0.1, -0.05) is 27.7 Å². The SMILES string of the molecule is COC(=O)CC[C@@H]1C2=C(C)C3=NC([C@H](CC(=O)OC)[C@@]3(C)CCC(=O)OC)[C@]3(C)N=C(C(C)=C4NC(=CC(=N2)C1(C)C)[C@@H](CCC(=O)OC)[C@]4(C)CC(=O)OC)[C@@H](CCC(=O)OC)[C@]3(C)C(=O)OC. The monoisotopic (exact) mass is 965 g/mol. The second kappa shape index (κ2) is 20.7. The van der Waals surface area contributed by atoms with E-state index in [1.54, 1.807) is 6.92 Å². The number of hydrogen-bond donors (Lipinski definition) is 1. The van der Waals surface area contributed by atoms with Gasteiger partial charge in [0.1, 0.15) is 5.41 Å². The van der Waals surface area contributed by atoms with E-state index in [1.165, 1.54) is 49.8 Å². The summed E-state index contributed by atoms with van der Waals surface area (Å²) in [6.07, 6.45) is 2.29. The molecule has 1 unspecified atom stereocenters. The summed E-state index contributed by atoms with van der Waals surface area (Å²) in [5, 5.41) is 3.70. The average molecular weight is 965 g/mol. The van der Waals surface area contributed by atoms with Gasteiger partial charge in [-0.3, -0.25) is 48.5 Å². The molecule has 5 aliphatic heterocycles. The van der Waals surface area contributed by atoms with Crippen molar-refractivity contribution >= 4 is 58.9 Å². The van der Waals surface area contributed by atoms with Crippen molar-refractivity contribution in [3.05, 3.63) is 34.3 Å². The van der Waals surface area contributed by atoms with Crippen LogP contribution in [0.25, 0.3) is 0 Å². The van der Waals surface area contributed by atoms with Crippen LogP contribution in [0.4, 0.5) is 0 Å². The third-order valence-electron chi connectivity index (χ3n) is 16.5. The number of fused-ring (bicyclic) bond motifs is 6. The van der Waals surface area contributed by atoms with Crippen LogP contribution in [0.2, 0.25) is 0 Å². The third kappa shape index (κ3) is 9.52. The molecular formula is C51H72N4O14. The van der Waals surface area contributed by atoms with E-state index < -0.39 is 98.7 Å². The number of rotatable bonds is 17. The van der Waals surface area contributed by atoms with Crippen LogP contribution in [0.5, 0.6) is 0 Å². The number of methoxy groups -OCH3 is 7. The molecule has 1 fully saturated rings.